The zero-order chi connectivity index (χ0) is 11.3. The third-order valence-electron chi connectivity index (χ3n) is 2.03. The molecule has 0 spiro atoms. The molecule has 0 aliphatic heterocycles. The fourth-order valence-corrected chi connectivity index (χ4v) is 1.22. The molecule has 4 nitrogen and oxygen atoms in total. The lowest BCUT2D eigenvalue weighted by atomic mass is 10.1. The average Bonchev–Trinajstić information content (AvgIpc) is 2.26. The van der Waals surface area contributed by atoms with Crippen LogP contribution in [0.25, 0.3) is 0 Å². The van der Waals surface area contributed by atoms with Crippen molar-refractivity contribution in [3.63, 3.8) is 0 Å². The summed E-state index contributed by atoms with van der Waals surface area (Å²) in [7, 11) is 1.30. The van der Waals surface area contributed by atoms with Crippen molar-refractivity contribution in [3.8, 4) is 0 Å². The van der Waals surface area contributed by atoms with E-state index < -0.39 is 18.1 Å². The zero-order valence-electron chi connectivity index (χ0n) is 8.81. The fraction of sp³-hybridized carbons (Fsp3) is 0.364. The van der Waals surface area contributed by atoms with Gasteiger partial charge in [-0.25, -0.2) is 4.79 Å². The molecular formula is C11H15NO3. The Morgan fingerprint density at radius 1 is 1.40 bits per heavy atom. The van der Waals surface area contributed by atoms with Crippen molar-refractivity contribution in [2.45, 2.75) is 19.1 Å². The number of aliphatic hydroxyl groups excluding tert-OH is 1. The van der Waals surface area contributed by atoms with Crippen LogP contribution in [0.1, 0.15) is 6.92 Å². The maximum atomic E-state index is 11.3. The second kappa shape index (κ2) is 5.36. The third kappa shape index (κ3) is 3.25. The van der Waals surface area contributed by atoms with Gasteiger partial charge < -0.3 is 15.2 Å². The standard InChI is InChI=1S/C11H15NO3/c1-8(13)10(11(14)15-2)12-9-6-4-3-5-7-9/h3-8,10,12-13H,1-2H3/t8-,10+/m1/s1. The van der Waals surface area contributed by atoms with Gasteiger partial charge in [-0.1, -0.05) is 18.2 Å². The Balaban J connectivity index is 2.72. The topological polar surface area (TPSA) is 58.6 Å². The monoisotopic (exact) mass is 209 g/mol. The lowest BCUT2D eigenvalue weighted by molar-refractivity contribution is -0.143. The first-order valence-corrected chi connectivity index (χ1v) is 4.72. The van der Waals surface area contributed by atoms with Gasteiger partial charge in [0.1, 0.15) is 0 Å². The molecule has 2 atom stereocenters. The molecule has 0 aromatic heterocycles. The molecule has 0 aliphatic rings. The number of esters is 1. The summed E-state index contributed by atoms with van der Waals surface area (Å²) in [6.07, 6.45) is -0.808. The normalized spacial score (nSPS) is 14.1. The number of nitrogens with one attached hydrogen (secondary N) is 1. The van der Waals surface area contributed by atoms with E-state index in [9.17, 15) is 9.90 Å². The van der Waals surface area contributed by atoms with E-state index in [-0.39, 0.29) is 0 Å². The second-order valence-electron chi connectivity index (χ2n) is 3.25. The van der Waals surface area contributed by atoms with Crippen LogP contribution in [0, 0.1) is 0 Å². The predicted octanol–water partition coefficient (Wildman–Crippen LogP) is 1.02. The largest absolute Gasteiger partial charge is 0.467 e. The van der Waals surface area contributed by atoms with E-state index in [1.165, 1.54) is 14.0 Å². The summed E-state index contributed by atoms with van der Waals surface area (Å²) in [4.78, 5) is 11.3. The van der Waals surface area contributed by atoms with Crippen LogP contribution in [0.3, 0.4) is 0 Å². The molecule has 2 N–H and O–H groups in total. The number of ether oxygens (including phenoxy) is 1. The minimum atomic E-state index is -0.808. The molecule has 0 aliphatic carbocycles. The van der Waals surface area contributed by atoms with Crippen molar-refractivity contribution < 1.29 is 14.6 Å². The Bertz CT molecular complexity index is 311. The quantitative estimate of drug-likeness (QED) is 0.727. The van der Waals surface area contributed by atoms with E-state index in [0.29, 0.717) is 0 Å². The van der Waals surface area contributed by atoms with Crippen LogP contribution in [0.2, 0.25) is 0 Å². The maximum Gasteiger partial charge on any atom is 0.330 e. The molecule has 0 amide bonds. The Morgan fingerprint density at radius 3 is 2.47 bits per heavy atom. The van der Waals surface area contributed by atoms with Gasteiger partial charge in [-0.15, -0.1) is 0 Å². The van der Waals surface area contributed by atoms with Gasteiger partial charge in [0.25, 0.3) is 0 Å². The number of carbonyl (C=O) groups excluding carboxylic acids is 1. The van der Waals surface area contributed by atoms with Gasteiger partial charge in [-0.05, 0) is 19.1 Å². The SMILES string of the molecule is COC(=O)[C@@H](Nc1ccccc1)[C@@H](C)O. The van der Waals surface area contributed by atoms with E-state index in [4.69, 9.17) is 0 Å². The lowest BCUT2D eigenvalue weighted by Gasteiger charge is -2.19. The summed E-state index contributed by atoms with van der Waals surface area (Å²) in [6, 6.07) is 8.46. The van der Waals surface area contributed by atoms with Gasteiger partial charge in [-0.3, -0.25) is 0 Å². The highest BCUT2D eigenvalue weighted by atomic mass is 16.5. The molecule has 82 valence electrons. The third-order valence-corrected chi connectivity index (χ3v) is 2.03. The molecule has 15 heavy (non-hydrogen) atoms. The number of para-hydroxylation sites is 1. The lowest BCUT2D eigenvalue weighted by Crippen LogP contribution is -2.39. The predicted molar refractivity (Wildman–Crippen MR) is 57.5 cm³/mol. The fourth-order valence-electron chi connectivity index (χ4n) is 1.22. The van der Waals surface area contributed by atoms with Crippen LogP contribution in [0.5, 0.6) is 0 Å². The van der Waals surface area contributed by atoms with Gasteiger partial charge in [0.2, 0.25) is 0 Å². The van der Waals surface area contributed by atoms with Crippen LogP contribution in [0.15, 0.2) is 30.3 Å². The first-order chi connectivity index (χ1) is 7.15. The molecule has 0 saturated carbocycles. The highest BCUT2D eigenvalue weighted by Crippen LogP contribution is 2.09. The Hall–Kier alpha value is -1.55. The number of aliphatic hydroxyl groups is 1. The minimum absolute atomic E-state index is 0.478. The first kappa shape index (κ1) is 11.5. The van der Waals surface area contributed by atoms with Gasteiger partial charge in [0.15, 0.2) is 6.04 Å². The molecule has 1 aromatic carbocycles. The van der Waals surface area contributed by atoms with E-state index >= 15 is 0 Å². The van der Waals surface area contributed by atoms with E-state index in [1.807, 2.05) is 30.3 Å². The Kier molecular flexibility index (Phi) is 4.12. The van der Waals surface area contributed by atoms with Gasteiger partial charge in [-0.2, -0.15) is 0 Å². The second-order valence-corrected chi connectivity index (χ2v) is 3.25. The maximum absolute atomic E-state index is 11.3. The van der Waals surface area contributed by atoms with E-state index in [0.717, 1.165) is 5.69 Å². The molecule has 4 heteroatoms. The van der Waals surface area contributed by atoms with E-state index in [2.05, 4.69) is 10.1 Å². The van der Waals surface area contributed by atoms with Crippen LogP contribution < -0.4 is 5.32 Å². The molecule has 0 bridgehead atoms. The molecule has 1 rings (SSSR count). The van der Waals surface area contributed by atoms with Gasteiger partial charge in [0, 0.05) is 5.69 Å². The molecule has 1 aromatic rings. The summed E-state index contributed by atoms with van der Waals surface area (Å²) >= 11 is 0. The van der Waals surface area contributed by atoms with Crippen molar-refractivity contribution in [2.75, 3.05) is 12.4 Å². The smallest absolute Gasteiger partial charge is 0.330 e. The van der Waals surface area contributed by atoms with Crippen molar-refractivity contribution in [1.29, 1.82) is 0 Å². The number of methoxy groups -OCH3 is 1. The zero-order valence-corrected chi connectivity index (χ0v) is 8.81. The summed E-state index contributed by atoms with van der Waals surface area (Å²) < 4.78 is 4.58. The number of hydrogen-bond donors (Lipinski definition) is 2. The number of rotatable bonds is 4. The van der Waals surface area contributed by atoms with Gasteiger partial charge >= 0.3 is 5.97 Å². The van der Waals surface area contributed by atoms with Crippen LogP contribution in [-0.4, -0.2) is 30.3 Å². The summed E-state index contributed by atoms with van der Waals surface area (Å²) in [5.41, 5.74) is 0.772. The van der Waals surface area contributed by atoms with Crippen LogP contribution in [-0.2, 0) is 9.53 Å². The van der Waals surface area contributed by atoms with Crippen molar-refractivity contribution >= 4 is 11.7 Å². The molecular weight excluding hydrogens is 194 g/mol. The number of hydrogen-bond acceptors (Lipinski definition) is 4. The molecule has 0 radical (unpaired) electrons. The number of carbonyl (C=O) groups is 1. The number of anilines is 1. The highest BCUT2D eigenvalue weighted by molar-refractivity contribution is 5.79. The Labute approximate surface area is 88.9 Å². The average molecular weight is 209 g/mol. The highest BCUT2D eigenvalue weighted by Gasteiger charge is 2.23. The van der Waals surface area contributed by atoms with Crippen LogP contribution in [0.4, 0.5) is 5.69 Å². The molecule has 0 heterocycles. The molecule has 0 saturated heterocycles. The van der Waals surface area contributed by atoms with Crippen molar-refractivity contribution in [3.05, 3.63) is 30.3 Å². The molecule has 0 fully saturated rings. The van der Waals surface area contributed by atoms with Gasteiger partial charge in [0.05, 0.1) is 13.2 Å². The summed E-state index contributed by atoms with van der Waals surface area (Å²) in [5, 5.41) is 12.3. The Morgan fingerprint density at radius 2 is 2.00 bits per heavy atom. The minimum Gasteiger partial charge on any atom is -0.467 e. The van der Waals surface area contributed by atoms with E-state index in [1.54, 1.807) is 0 Å². The number of benzene rings is 1. The summed E-state index contributed by atoms with van der Waals surface area (Å²) in [6.45, 7) is 1.54. The van der Waals surface area contributed by atoms with Crippen molar-refractivity contribution in [1.82, 2.24) is 0 Å². The van der Waals surface area contributed by atoms with Crippen molar-refractivity contribution in [2.24, 2.45) is 0 Å². The van der Waals surface area contributed by atoms with Crippen LogP contribution >= 0.6 is 0 Å². The molecule has 0 unspecified atom stereocenters. The summed E-state index contributed by atoms with van der Waals surface area (Å²) in [5.74, 6) is -0.478. The first-order valence-electron chi connectivity index (χ1n) is 4.72.